The second-order valence-corrected chi connectivity index (χ2v) is 9.51. The normalized spacial score (nSPS) is 14.5. The first kappa shape index (κ1) is 33.8. The van der Waals surface area contributed by atoms with Crippen LogP contribution in [0.1, 0.15) is 51.5 Å². The lowest BCUT2D eigenvalue weighted by molar-refractivity contribution is -0.143. The largest absolute Gasteiger partial charge is 0.481 e. The number of aliphatic imine (C=N–C) groups is 1. The van der Waals surface area contributed by atoms with Crippen LogP contribution in [0, 0.1) is 5.92 Å². The van der Waals surface area contributed by atoms with E-state index in [1.165, 1.54) is 0 Å². The highest BCUT2D eigenvalue weighted by Crippen LogP contribution is 2.11. The number of nitrogens with two attached hydrogens (primary N) is 3. The molecule has 1 aromatic rings. The summed E-state index contributed by atoms with van der Waals surface area (Å²) in [5.41, 5.74) is 17.2. The Labute approximate surface area is 233 Å². The van der Waals surface area contributed by atoms with E-state index in [1.807, 2.05) is 6.92 Å². The van der Waals surface area contributed by atoms with Crippen molar-refractivity contribution in [1.82, 2.24) is 16.0 Å². The summed E-state index contributed by atoms with van der Waals surface area (Å²) in [6, 6.07) is 3.92. The Kier molecular flexibility index (Phi) is 14.7. The Balaban J connectivity index is 3.00. The Hall–Kier alpha value is -4.20. The second kappa shape index (κ2) is 17.4. The average molecular weight is 564 g/mol. The third kappa shape index (κ3) is 12.6. The molecule has 0 fully saturated rings. The number of hydrogen-bond acceptors (Lipinski definition) is 7. The molecule has 0 spiro atoms. The first-order chi connectivity index (χ1) is 18.8. The van der Waals surface area contributed by atoms with E-state index in [-0.39, 0.29) is 37.7 Å². The number of nitrogens with one attached hydrogen (secondary N) is 3. The van der Waals surface area contributed by atoms with Gasteiger partial charge >= 0.3 is 11.9 Å². The quantitative estimate of drug-likeness (QED) is 0.0618. The molecule has 40 heavy (non-hydrogen) atoms. The standard InChI is InChI=1S/C26H41N7O7/c1-3-15(2)21(33-22(36)17(27)10-7-13-30-26(28)29)24(38)31-18(11-12-20(34)35)23(37)32-19(25(39)40)14-16-8-5-4-6-9-16/h4-6,8-9,15,17-19,21H,3,7,10-14,27H2,1-2H3,(H,31,38)(H,32,37)(H,33,36)(H,34,35)(H,39,40)(H4,28,29,30). The van der Waals surface area contributed by atoms with E-state index in [0.29, 0.717) is 18.4 Å². The van der Waals surface area contributed by atoms with Crippen LogP contribution in [0.25, 0.3) is 0 Å². The summed E-state index contributed by atoms with van der Waals surface area (Å²) in [7, 11) is 0. The number of amides is 3. The maximum absolute atomic E-state index is 13.3. The third-order valence-electron chi connectivity index (χ3n) is 6.27. The van der Waals surface area contributed by atoms with Gasteiger partial charge in [0.05, 0.1) is 6.04 Å². The van der Waals surface area contributed by atoms with Gasteiger partial charge in [-0.15, -0.1) is 0 Å². The zero-order valence-corrected chi connectivity index (χ0v) is 22.8. The first-order valence-electron chi connectivity index (χ1n) is 13.1. The Morgan fingerprint density at radius 3 is 2.08 bits per heavy atom. The highest BCUT2D eigenvalue weighted by Gasteiger charge is 2.32. The van der Waals surface area contributed by atoms with Crippen LogP contribution in [0.3, 0.4) is 0 Å². The van der Waals surface area contributed by atoms with Crippen molar-refractivity contribution in [3.8, 4) is 0 Å². The lowest BCUT2D eigenvalue weighted by atomic mass is 9.96. The number of benzene rings is 1. The van der Waals surface area contributed by atoms with Gasteiger partial charge in [-0.3, -0.25) is 24.2 Å². The van der Waals surface area contributed by atoms with Gasteiger partial charge in [0.1, 0.15) is 18.1 Å². The fourth-order valence-electron chi connectivity index (χ4n) is 3.73. The molecule has 1 aromatic carbocycles. The van der Waals surface area contributed by atoms with Gasteiger partial charge in [-0.25, -0.2) is 4.79 Å². The Morgan fingerprint density at radius 2 is 1.52 bits per heavy atom. The number of carboxylic acids is 2. The molecule has 0 saturated heterocycles. The van der Waals surface area contributed by atoms with Crippen LogP contribution in [0.15, 0.2) is 35.3 Å². The van der Waals surface area contributed by atoms with Gasteiger partial charge in [-0.1, -0.05) is 50.6 Å². The molecule has 3 amide bonds. The molecule has 0 aliphatic heterocycles. The summed E-state index contributed by atoms with van der Waals surface area (Å²) >= 11 is 0. The van der Waals surface area contributed by atoms with E-state index in [2.05, 4.69) is 20.9 Å². The molecule has 1 rings (SSSR count). The van der Waals surface area contributed by atoms with Crippen LogP contribution in [0.2, 0.25) is 0 Å². The van der Waals surface area contributed by atoms with Crippen LogP contribution in [0.4, 0.5) is 0 Å². The number of carbonyl (C=O) groups is 5. The number of rotatable bonds is 18. The smallest absolute Gasteiger partial charge is 0.326 e. The lowest BCUT2D eigenvalue weighted by Gasteiger charge is -2.28. The van der Waals surface area contributed by atoms with Crippen LogP contribution in [0.5, 0.6) is 0 Å². The molecule has 0 aliphatic rings. The van der Waals surface area contributed by atoms with Gasteiger partial charge in [0.15, 0.2) is 5.96 Å². The van der Waals surface area contributed by atoms with E-state index < -0.39 is 60.2 Å². The van der Waals surface area contributed by atoms with Gasteiger partial charge in [-0.05, 0) is 30.7 Å². The van der Waals surface area contributed by atoms with E-state index in [4.69, 9.17) is 22.3 Å². The van der Waals surface area contributed by atoms with Crippen molar-refractivity contribution in [1.29, 1.82) is 0 Å². The minimum atomic E-state index is -1.36. The van der Waals surface area contributed by atoms with Gasteiger partial charge in [0.25, 0.3) is 0 Å². The molecule has 0 heterocycles. The molecule has 0 saturated carbocycles. The molecule has 222 valence electrons. The highest BCUT2D eigenvalue weighted by atomic mass is 16.4. The van der Waals surface area contributed by atoms with Gasteiger partial charge in [0.2, 0.25) is 17.7 Å². The summed E-state index contributed by atoms with van der Waals surface area (Å²) in [5.74, 6) is -5.12. The molecule has 0 bridgehead atoms. The van der Waals surface area contributed by atoms with Gasteiger partial charge in [0, 0.05) is 19.4 Å². The zero-order valence-electron chi connectivity index (χ0n) is 22.8. The first-order valence-corrected chi connectivity index (χ1v) is 13.1. The van der Waals surface area contributed by atoms with Crippen molar-refractivity contribution >= 4 is 35.6 Å². The Bertz CT molecular complexity index is 1030. The lowest BCUT2D eigenvalue weighted by Crippen LogP contribution is -2.58. The Morgan fingerprint density at radius 1 is 0.900 bits per heavy atom. The number of hydrogen-bond donors (Lipinski definition) is 8. The predicted molar refractivity (Wildman–Crippen MR) is 148 cm³/mol. The summed E-state index contributed by atoms with van der Waals surface area (Å²) in [6.07, 6.45) is 0.388. The molecule has 5 unspecified atom stereocenters. The molecular weight excluding hydrogens is 522 g/mol. The van der Waals surface area contributed by atoms with Gasteiger partial charge < -0.3 is 43.4 Å². The minimum Gasteiger partial charge on any atom is -0.481 e. The van der Waals surface area contributed by atoms with Crippen molar-refractivity contribution in [3.05, 3.63) is 35.9 Å². The summed E-state index contributed by atoms with van der Waals surface area (Å²) in [6.45, 7) is 3.81. The van der Waals surface area contributed by atoms with Crippen LogP contribution in [-0.2, 0) is 30.4 Å². The molecule has 0 radical (unpaired) electrons. The molecule has 0 aliphatic carbocycles. The maximum Gasteiger partial charge on any atom is 0.326 e. The predicted octanol–water partition coefficient (Wildman–Crippen LogP) is -0.940. The van der Waals surface area contributed by atoms with Gasteiger partial charge in [-0.2, -0.15) is 0 Å². The molecule has 11 N–H and O–H groups in total. The molecular formula is C26H41N7O7. The fourth-order valence-corrected chi connectivity index (χ4v) is 3.73. The van der Waals surface area contributed by atoms with Crippen LogP contribution >= 0.6 is 0 Å². The second-order valence-electron chi connectivity index (χ2n) is 9.51. The van der Waals surface area contributed by atoms with Crippen molar-refractivity contribution < 1.29 is 34.2 Å². The van der Waals surface area contributed by atoms with E-state index in [1.54, 1.807) is 37.3 Å². The van der Waals surface area contributed by atoms with Crippen LogP contribution in [-0.4, -0.2) is 76.5 Å². The summed E-state index contributed by atoms with van der Waals surface area (Å²) in [5, 5.41) is 26.3. The van der Waals surface area contributed by atoms with E-state index in [0.717, 1.165) is 0 Å². The summed E-state index contributed by atoms with van der Waals surface area (Å²) in [4.78, 5) is 65.9. The molecule has 0 aromatic heterocycles. The summed E-state index contributed by atoms with van der Waals surface area (Å²) < 4.78 is 0. The zero-order chi connectivity index (χ0) is 30.2. The van der Waals surface area contributed by atoms with Crippen molar-refractivity contribution in [2.24, 2.45) is 28.1 Å². The topological polar surface area (TPSA) is 252 Å². The number of aliphatic carboxylic acids is 2. The molecule has 14 heteroatoms. The molecule has 5 atom stereocenters. The minimum absolute atomic E-state index is 0.0197. The molecule has 14 nitrogen and oxygen atoms in total. The highest BCUT2D eigenvalue weighted by molar-refractivity contribution is 5.94. The van der Waals surface area contributed by atoms with E-state index >= 15 is 0 Å². The average Bonchev–Trinajstić information content (AvgIpc) is 2.90. The fraction of sp³-hybridized carbons (Fsp3) is 0.538. The maximum atomic E-state index is 13.3. The number of guanidine groups is 1. The number of carbonyl (C=O) groups excluding carboxylic acids is 3. The SMILES string of the molecule is CCC(C)C(NC(=O)C(N)CCCN=C(N)N)C(=O)NC(CCC(=O)O)C(=O)NC(Cc1ccccc1)C(=O)O. The van der Waals surface area contributed by atoms with Crippen molar-refractivity contribution in [2.75, 3.05) is 6.54 Å². The van der Waals surface area contributed by atoms with Crippen LogP contribution < -0.4 is 33.2 Å². The number of nitrogens with zero attached hydrogens (tertiary/aromatic N) is 1. The van der Waals surface area contributed by atoms with Crippen molar-refractivity contribution in [3.63, 3.8) is 0 Å². The monoisotopic (exact) mass is 563 g/mol. The number of carboxylic acid groups (broad SMARTS) is 2. The van der Waals surface area contributed by atoms with Crippen molar-refractivity contribution in [2.45, 2.75) is 76.5 Å². The third-order valence-corrected chi connectivity index (χ3v) is 6.27. The van der Waals surface area contributed by atoms with E-state index in [9.17, 15) is 29.1 Å².